The lowest BCUT2D eigenvalue weighted by molar-refractivity contribution is -0.125. The van der Waals surface area contributed by atoms with Gasteiger partial charge in [0.25, 0.3) is 0 Å². The Morgan fingerprint density at radius 3 is 2.21 bits per heavy atom. The van der Waals surface area contributed by atoms with Crippen LogP contribution in [0.25, 0.3) is 0 Å². The van der Waals surface area contributed by atoms with Gasteiger partial charge in [-0.2, -0.15) is 0 Å². The fraction of sp³-hybridized carbons (Fsp3) is 0.786. The lowest BCUT2D eigenvalue weighted by atomic mass is 10.1. The van der Waals surface area contributed by atoms with E-state index >= 15 is 0 Å². The van der Waals surface area contributed by atoms with Crippen molar-refractivity contribution < 1.29 is 19.1 Å². The van der Waals surface area contributed by atoms with E-state index in [9.17, 15) is 14.4 Å². The molecular weight excluding hydrogens is 246 g/mol. The minimum Gasteiger partial charge on any atom is -0.444 e. The van der Waals surface area contributed by atoms with Crippen LogP contribution in [0, 0.1) is 0 Å². The summed E-state index contributed by atoms with van der Waals surface area (Å²) in [7, 11) is 0. The summed E-state index contributed by atoms with van der Waals surface area (Å²) in [6.07, 6.45) is 2.45. The van der Waals surface area contributed by atoms with Gasteiger partial charge in [0.05, 0.1) is 6.42 Å². The second-order valence-electron chi connectivity index (χ2n) is 5.66. The first kappa shape index (κ1) is 17.6. The number of nitrogens with one attached hydrogen (secondary N) is 1. The molecule has 5 nitrogen and oxygen atoms in total. The maximum Gasteiger partial charge on any atom is 0.407 e. The quantitative estimate of drug-likeness (QED) is 0.544. The van der Waals surface area contributed by atoms with E-state index in [1.54, 1.807) is 0 Å². The number of hydrogen-bond donors (Lipinski definition) is 1. The Kier molecular flexibility index (Phi) is 8.03. The molecule has 19 heavy (non-hydrogen) atoms. The van der Waals surface area contributed by atoms with E-state index in [4.69, 9.17) is 4.74 Å². The van der Waals surface area contributed by atoms with Crippen LogP contribution in [0.3, 0.4) is 0 Å². The molecule has 5 heteroatoms. The zero-order chi connectivity index (χ0) is 14.9. The number of ether oxygens (including phenoxy) is 1. The molecule has 110 valence electrons. The highest BCUT2D eigenvalue weighted by atomic mass is 16.6. The molecule has 0 radical (unpaired) electrons. The van der Waals surface area contributed by atoms with Crippen LogP contribution >= 0.6 is 0 Å². The van der Waals surface area contributed by atoms with Gasteiger partial charge in [0, 0.05) is 13.0 Å². The molecule has 0 aromatic rings. The lowest BCUT2D eigenvalue weighted by Gasteiger charge is -2.19. The maximum absolute atomic E-state index is 11.3. The highest BCUT2D eigenvalue weighted by Gasteiger charge is 2.15. The van der Waals surface area contributed by atoms with Crippen molar-refractivity contribution in [2.24, 2.45) is 0 Å². The van der Waals surface area contributed by atoms with Crippen LogP contribution in [0.5, 0.6) is 0 Å². The first-order valence-electron chi connectivity index (χ1n) is 6.68. The van der Waals surface area contributed by atoms with Gasteiger partial charge in [-0.05, 0) is 40.5 Å². The predicted molar refractivity (Wildman–Crippen MR) is 73.0 cm³/mol. The second kappa shape index (κ2) is 8.67. The van der Waals surface area contributed by atoms with Crippen LogP contribution in [0.2, 0.25) is 0 Å². The summed E-state index contributed by atoms with van der Waals surface area (Å²) in [6.45, 7) is 7.39. The first-order valence-corrected chi connectivity index (χ1v) is 6.68. The largest absolute Gasteiger partial charge is 0.444 e. The third kappa shape index (κ3) is 12.9. The summed E-state index contributed by atoms with van der Waals surface area (Å²) in [5, 5.41) is 2.66. The molecule has 0 atom stereocenters. The molecule has 0 rings (SSSR count). The number of rotatable bonds is 8. The highest BCUT2D eigenvalue weighted by Crippen LogP contribution is 2.06. The third-order valence-corrected chi connectivity index (χ3v) is 2.25. The van der Waals surface area contributed by atoms with Crippen LogP contribution in [0.15, 0.2) is 0 Å². The van der Waals surface area contributed by atoms with E-state index in [2.05, 4.69) is 5.32 Å². The molecule has 0 saturated heterocycles. The van der Waals surface area contributed by atoms with Crippen molar-refractivity contribution in [2.75, 3.05) is 6.54 Å². The molecule has 0 heterocycles. The number of Topliss-reactive ketones (excluding diaryl/α,β-unsaturated/α-hetero) is 2. The normalized spacial score (nSPS) is 10.9. The van der Waals surface area contributed by atoms with Crippen LogP contribution in [-0.4, -0.2) is 29.8 Å². The molecule has 0 aliphatic carbocycles. The van der Waals surface area contributed by atoms with E-state index in [1.807, 2.05) is 20.8 Å². The molecular formula is C14H25NO4. The number of carbonyl (C=O) groups is 3. The molecule has 0 unspecified atom stereocenters. The summed E-state index contributed by atoms with van der Waals surface area (Å²) in [6, 6.07) is 0. The van der Waals surface area contributed by atoms with Gasteiger partial charge in [-0.3, -0.25) is 9.59 Å². The van der Waals surface area contributed by atoms with Gasteiger partial charge in [0.1, 0.15) is 17.2 Å². The molecule has 1 N–H and O–H groups in total. The predicted octanol–water partition coefficient (Wildman–Crippen LogP) is 2.62. The number of alkyl carbamates (subject to hydrolysis) is 1. The molecule has 0 aliphatic rings. The Balaban J connectivity index is 3.48. The summed E-state index contributed by atoms with van der Waals surface area (Å²) >= 11 is 0. The monoisotopic (exact) mass is 271 g/mol. The highest BCUT2D eigenvalue weighted by molar-refractivity contribution is 5.97. The van der Waals surface area contributed by atoms with E-state index in [0.29, 0.717) is 13.0 Å². The van der Waals surface area contributed by atoms with E-state index in [-0.39, 0.29) is 18.0 Å². The van der Waals surface area contributed by atoms with Gasteiger partial charge in [-0.25, -0.2) is 4.79 Å². The van der Waals surface area contributed by atoms with Crippen molar-refractivity contribution in [3.05, 3.63) is 0 Å². The number of amides is 1. The van der Waals surface area contributed by atoms with Crippen molar-refractivity contribution in [1.29, 1.82) is 0 Å². The fourth-order valence-electron chi connectivity index (χ4n) is 1.49. The minimum atomic E-state index is -0.483. The van der Waals surface area contributed by atoms with Gasteiger partial charge in [-0.15, -0.1) is 0 Å². The number of carbonyl (C=O) groups excluding carboxylic acids is 3. The number of ketones is 2. The van der Waals surface area contributed by atoms with Crippen molar-refractivity contribution in [1.82, 2.24) is 5.32 Å². The number of unbranched alkanes of at least 4 members (excludes halogenated alkanes) is 2. The Morgan fingerprint density at radius 2 is 1.68 bits per heavy atom. The zero-order valence-corrected chi connectivity index (χ0v) is 12.4. The Bertz CT molecular complexity index is 318. The molecule has 0 aliphatic heterocycles. The zero-order valence-electron chi connectivity index (χ0n) is 12.4. The van der Waals surface area contributed by atoms with Crippen LogP contribution in [0.4, 0.5) is 4.79 Å². The Morgan fingerprint density at radius 1 is 1.05 bits per heavy atom. The summed E-state index contributed by atoms with van der Waals surface area (Å²) in [5.74, 6) is -0.0933. The molecule has 0 saturated carbocycles. The molecule has 1 amide bonds. The standard InChI is InChI=1S/C14H25NO4/c1-11(16)10-12(17)8-6-5-7-9-15-13(18)19-14(2,3)4/h5-10H2,1-4H3,(H,15,18). The average molecular weight is 271 g/mol. The Hall–Kier alpha value is -1.39. The van der Waals surface area contributed by atoms with E-state index < -0.39 is 11.7 Å². The smallest absolute Gasteiger partial charge is 0.407 e. The molecule has 0 bridgehead atoms. The van der Waals surface area contributed by atoms with Gasteiger partial charge < -0.3 is 10.1 Å². The van der Waals surface area contributed by atoms with Crippen molar-refractivity contribution >= 4 is 17.7 Å². The minimum absolute atomic E-state index is 0.00685. The lowest BCUT2D eigenvalue weighted by Crippen LogP contribution is -2.32. The van der Waals surface area contributed by atoms with Crippen molar-refractivity contribution in [2.45, 2.75) is 65.4 Å². The molecule has 0 spiro atoms. The van der Waals surface area contributed by atoms with Gasteiger partial charge in [0.2, 0.25) is 0 Å². The van der Waals surface area contributed by atoms with E-state index in [0.717, 1.165) is 19.3 Å². The van der Waals surface area contributed by atoms with Gasteiger partial charge in [-0.1, -0.05) is 6.42 Å². The van der Waals surface area contributed by atoms with Crippen molar-refractivity contribution in [3.8, 4) is 0 Å². The third-order valence-electron chi connectivity index (χ3n) is 2.25. The maximum atomic E-state index is 11.3. The molecule has 0 aromatic carbocycles. The average Bonchev–Trinajstić information content (AvgIpc) is 2.19. The Labute approximate surface area is 115 Å². The van der Waals surface area contributed by atoms with Crippen LogP contribution < -0.4 is 5.32 Å². The van der Waals surface area contributed by atoms with Crippen LogP contribution in [0.1, 0.15) is 59.8 Å². The summed E-state index contributed by atoms with van der Waals surface area (Å²) in [4.78, 5) is 33.2. The fourth-order valence-corrected chi connectivity index (χ4v) is 1.49. The topological polar surface area (TPSA) is 72.5 Å². The molecule has 0 aromatic heterocycles. The van der Waals surface area contributed by atoms with Gasteiger partial charge in [0.15, 0.2) is 0 Å². The summed E-state index contributed by atoms with van der Waals surface area (Å²) < 4.78 is 5.08. The number of hydrogen-bond acceptors (Lipinski definition) is 4. The SMILES string of the molecule is CC(=O)CC(=O)CCCCCNC(=O)OC(C)(C)C. The molecule has 0 fully saturated rings. The van der Waals surface area contributed by atoms with Crippen molar-refractivity contribution in [3.63, 3.8) is 0 Å². The van der Waals surface area contributed by atoms with Crippen LogP contribution in [-0.2, 0) is 14.3 Å². The van der Waals surface area contributed by atoms with E-state index in [1.165, 1.54) is 6.92 Å². The summed E-state index contributed by atoms with van der Waals surface area (Å²) in [5.41, 5.74) is -0.483. The second-order valence-corrected chi connectivity index (χ2v) is 5.66. The van der Waals surface area contributed by atoms with Gasteiger partial charge >= 0.3 is 6.09 Å². The first-order chi connectivity index (χ1) is 8.70.